The first kappa shape index (κ1) is 14.6. The summed E-state index contributed by atoms with van der Waals surface area (Å²) in [6.07, 6.45) is -2.06. The lowest BCUT2D eigenvalue weighted by Gasteiger charge is -2.10. The summed E-state index contributed by atoms with van der Waals surface area (Å²) in [6.45, 7) is 0. The molecule has 2 nitrogen and oxygen atoms in total. The maximum atomic E-state index is 12.7. The summed E-state index contributed by atoms with van der Waals surface area (Å²) in [4.78, 5) is 10.8. The number of carbonyl (C=O) groups is 1. The van der Waals surface area contributed by atoms with Gasteiger partial charge in [0.05, 0.1) is 19.1 Å². The summed E-state index contributed by atoms with van der Waals surface area (Å²) in [5.74, 6) is -0.526. The van der Waals surface area contributed by atoms with Crippen molar-refractivity contribution in [3.63, 3.8) is 0 Å². The second-order valence-electron chi connectivity index (χ2n) is 3.41. The second kappa shape index (κ2) is 5.91. The Labute approximate surface area is 107 Å². The molecule has 18 heavy (non-hydrogen) atoms. The van der Waals surface area contributed by atoms with Crippen molar-refractivity contribution >= 4 is 23.6 Å². The molecule has 0 unspecified atom stereocenters. The molecule has 0 fully saturated rings. The molecule has 6 heteroatoms. The lowest BCUT2D eigenvalue weighted by atomic mass is 10.1. The van der Waals surface area contributed by atoms with Crippen LogP contribution in [0.2, 0.25) is 5.02 Å². The van der Waals surface area contributed by atoms with Crippen LogP contribution >= 0.6 is 11.6 Å². The molecule has 0 bridgehead atoms. The van der Waals surface area contributed by atoms with Gasteiger partial charge in [-0.15, -0.1) is 0 Å². The fourth-order valence-corrected chi connectivity index (χ4v) is 1.48. The van der Waals surface area contributed by atoms with E-state index in [1.54, 1.807) is 0 Å². The number of rotatable bonds is 3. The molecule has 1 aromatic carbocycles. The van der Waals surface area contributed by atoms with E-state index in [-0.39, 0.29) is 17.0 Å². The number of ether oxygens (including phenoxy) is 1. The average Bonchev–Trinajstić information content (AvgIpc) is 2.27. The number of alkyl halides is 3. The third-order valence-electron chi connectivity index (χ3n) is 2.13. The molecular weight excluding hydrogens is 269 g/mol. The van der Waals surface area contributed by atoms with Crippen LogP contribution in [0.25, 0.3) is 6.08 Å². The van der Waals surface area contributed by atoms with E-state index in [1.165, 1.54) is 31.4 Å². The topological polar surface area (TPSA) is 26.3 Å². The molecular formula is C12H10ClF3O2. The third kappa shape index (κ3) is 4.07. The van der Waals surface area contributed by atoms with Gasteiger partial charge in [0.25, 0.3) is 0 Å². The molecule has 0 aliphatic heterocycles. The lowest BCUT2D eigenvalue weighted by molar-refractivity contribution is -0.139. The van der Waals surface area contributed by atoms with Crippen LogP contribution in [0.3, 0.4) is 0 Å². The Morgan fingerprint density at radius 3 is 2.67 bits per heavy atom. The molecule has 0 aliphatic rings. The summed E-state index contributed by atoms with van der Waals surface area (Å²) in [5.41, 5.74) is -0.882. The van der Waals surface area contributed by atoms with Gasteiger partial charge in [-0.3, -0.25) is 4.79 Å². The Bertz CT molecular complexity index is 467. The quantitative estimate of drug-likeness (QED) is 0.783. The van der Waals surface area contributed by atoms with Gasteiger partial charge in [0.2, 0.25) is 0 Å². The predicted molar refractivity (Wildman–Crippen MR) is 62.1 cm³/mol. The van der Waals surface area contributed by atoms with Crippen LogP contribution in [-0.2, 0) is 15.7 Å². The largest absolute Gasteiger partial charge is 0.469 e. The van der Waals surface area contributed by atoms with Crippen molar-refractivity contribution in [1.82, 2.24) is 0 Å². The molecule has 0 radical (unpaired) electrons. The van der Waals surface area contributed by atoms with Crippen LogP contribution < -0.4 is 0 Å². The molecule has 0 aliphatic carbocycles. The monoisotopic (exact) mass is 278 g/mol. The van der Waals surface area contributed by atoms with E-state index in [9.17, 15) is 18.0 Å². The van der Waals surface area contributed by atoms with E-state index in [0.29, 0.717) is 0 Å². The minimum atomic E-state index is -4.46. The average molecular weight is 279 g/mol. The standard InChI is InChI=1S/C12H10ClF3O2/c1-18-11(17)4-2-3-8-7-9(13)5-6-10(8)12(14,15)16/h2-3,5-7H,4H2,1H3. The Hall–Kier alpha value is -1.49. The first-order valence-electron chi connectivity index (χ1n) is 4.94. The summed E-state index contributed by atoms with van der Waals surface area (Å²) in [6, 6.07) is 3.26. The number of halogens is 4. The number of esters is 1. The highest BCUT2D eigenvalue weighted by atomic mass is 35.5. The van der Waals surface area contributed by atoms with Crippen LogP contribution in [0.5, 0.6) is 0 Å². The molecule has 1 rings (SSSR count). The normalized spacial score (nSPS) is 11.8. The Morgan fingerprint density at radius 1 is 1.44 bits per heavy atom. The van der Waals surface area contributed by atoms with Gasteiger partial charge in [-0.1, -0.05) is 23.8 Å². The van der Waals surface area contributed by atoms with Crippen LogP contribution in [0.1, 0.15) is 17.5 Å². The Kier molecular flexibility index (Phi) is 4.78. The molecule has 0 saturated carbocycles. The van der Waals surface area contributed by atoms with Gasteiger partial charge >= 0.3 is 12.1 Å². The van der Waals surface area contributed by atoms with Gasteiger partial charge in [-0.25, -0.2) is 0 Å². The summed E-state index contributed by atoms with van der Waals surface area (Å²) in [5, 5.41) is 0.195. The summed E-state index contributed by atoms with van der Waals surface area (Å²) >= 11 is 5.64. The van der Waals surface area contributed by atoms with E-state index in [4.69, 9.17) is 11.6 Å². The molecule has 0 aromatic heterocycles. The number of benzene rings is 1. The predicted octanol–water partition coefficient (Wildman–Crippen LogP) is 3.94. The minimum absolute atomic E-state index is 0.0843. The zero-order valence-electron chi connectivity index (χ0n) is 9.42. The van der Waals surface area contributed by atoms with Crippen LogP contribution in [0.15, 0.2) is 24.3 Å². The fourth-order valence-electron chi connectivity index (χ4n) is 1.30. The van der Waals surface area contributed by atoms with E-state index in [1.807, 2.05) is 0 Å². The van der Waals surface area contributed by atoms with Crippen LogP contribution in [0.4, 0.5) is 13.2 Å². The molecule has 0 saturated heterocycles. The number of hydrogen-bond acceptors (Lipinski definition) is 2. The SMILES string of the molecule is COC(=O)CC=Cc1cc(Cl)ccc1C(F)(F)F. The van der Waals surface area contributed by atoms with Crippen molar-refractivity contribution in [1.29, 1.82) is 0 Å². The molecule has 0 N–H and O–H groups in total. The number of hydrogen-bond donors (Lipinski definition) is 0. The van der Waals surface area contributed by atoms with Gasteiger partial charge < -0.3 is 4.74 Å². The summed E-state index contributed by atoms with van der Waals surface area (Å²) < 4.78 is 42.4. The maximum absolute atomic E-state index is 12.7. The first-order valence-corrected chi connectivity index (χ1v) is 5.32. The van der Waals surface area contributed by atoms with Crippen molar-refractivity contribution in [2.75, 3.05) is 7.11 Å². The van der Waals surface area contributed by atoms with E-state index < -0.39 is 17.7 Å². The second-order valence-corrected chi connectivity index (χ2v) is 3.85. The number of methoxy groups -OCH3 is 1. The summed E-state index contributed by atoms with van der Waals surface area (Å²) in [7, 11) is 1.21. The van der Waals surface area contributed by atoms with Crippen LogP contribution in [0, 0.1) is 0 Å². The lowest BCUT2D eigenvalue weighted by Crippen LogP contribution is -2.07. The zero-order chi connectivity index (χ0) is 13.8. The van der Waals surface area contributed by atoms with Crippen molar-refractivity contribution in [2.24, 2.45) is 0 Å². The van der Waals surface area contributed by atoms with Crippen LogP contribution in [-0.4, -0.2) is 13.1 Å². The molecule has 0 heterocycles. The van der Waals surface area contributed by atoms with Gasteiger partial charge in [0.1, 0.15) is 0 Å². The molecule has 0 spiro atoms. The fraction of sp³-hybridized carbons (Fsp3) is 0.250. The highest BCUT2D eigenvalue weighted by Crippen LogP contribution is 2.33. The minimum Gasteiger partial charge on any atom is -0.469 e. The van der Waals surface area contributed by atoms with Gasteiger partial charge in [-0.05, 0) is 23.8 Å². The van der Waals surface area contributed by atoms with Crippen molar-refractivity contribution in [2.45, 2.75) is 12.6 Å². The highest BCUT2D eigenvalue weighted by molar-refractivity contribution is 6.30. The van der Waals surface area contributed by atoms with Gasteiger partial charge in [-0.2, -0.15) is 13.2 Å². The first-order chi connectivity index (χ1) is 8.34. The third-order valence-corrected chi connectivity index (χ3v) is 2.36. The molecule has 0 amide bonds. The van der Waals surface area contributed by atoms with Crippen molar-refractivity contribution in [3.8, 4) is 0 Å². The van der Waals surface area contributed by atoms with E-state index in [2.05, 4.69) is 4.74 Å². The van der Waals surface area contributed by atoms with Crippen molar-refractivity contribution < 1.29 is 22.7 Å². The highest BCUT2D eigenvalue weighted by Gasteiger charge is 2.32. The molecule has 1 aromatic rings. The zero-order valence-corrected chi connectivity index (χ0v) is 10.2. The Balaban J connectivity index is 3.00. The van der Waals surface area contributed by atoms with Crippen molar-refractivity contribution in [3.05, 3.63) is 40.4 Å². The number of carbonyl (C=O) groups excluding carboxylic acids is 1. The van der Waals surface area contributed by atoms with E-state index in [0.717, 1.165) is 6.07 Å². The smallest absolute Gasteiger partial charge is 0.416 e. The molecule has 98 valence electrons. The Morgan fingerprint density at radius 2 is 2.11 bits per heavy atom. The van der Waals surface area contributed by atoms with E-state index >= 15 is 0 Å². The molecule has 0 atom stereocenters. The maximum Gasteiger partial charge on any atom is 0.416 e. The van der Waals surface area contributed by atoms with Gasteiger partial charge in [0.15, 0.2) is 0 Å². The van der Waals surface area contributed by atoms with Gasteiger partial charge in [0, 0.05) is 5.02 Å².